The topological polar surface area (TPSA) is 60.2 Å². The van der Waals surface area contributed by atoms with Crippen molar-refractivity contribution in [1.82, 2.24) is 10.2 Å². The van der Waals surface area contributed by atoms with E-state index in [9.17, 15) is 4.39 Å². The molecule has 106 valence electrons. The van der Waals surface area contributed by atoms with E-state index in [0.717, 1.165) is 11.4 Å². The van der Waals surface area contributed by atoms with Crippen LogP contribution in [0.1, 0.15) is 0 Å². The maximum absolute atomic E-state index is 12.9. The van der Waals surface area contributed by atoms with E-state index in [1.54, 1.807) is 19.2 Å². The molecule has 6 heteroatoms. The van der Waals surface area contributed by atoms with Crippen LogP contribution in [0.15, 0.2) is 52.9 Å². The Morgan fingerprint density at radius 3 is 2.38 bits per heavy atom. The normalized spacial score (nSPS) is 10.4. The molecule has 0 atom stereocenters. The summed E-state index contributed by atoms with van der Waals surface area (Å²) < 4.78 is 23.4. The number of halogens is 1. The first-order valence-corrected chi connectivity index (χ1v) is 6.25. The summed E-state index contributed by atoms with van der Waals surface area (Å²) >= 11 is 0. The molecule has 0 amide bonds. The molecular weight excluding hydrogens is 273 g/mol. The molecule has 0 unspecified atom stereocenters. The quantitative estimate of drug-likeness (QED) is 0.793. The third kappa shape index (κ3) is 3.00. The molecule has 0 spiro atoms. The van der Waals surface area contributed by atoms with Crippen molar-refractivity contribution in [1.29, 1.82) is 0 Å². The fourth-order valence-electron chi connectivity index (χ4n) is 1.78. The number of hydrogen-bond donors (Lipinski definition) is 1. The molecular formula is C15H12FN3O2. The highest BCUT2D eigenvalue weighted by Gasteiger charge is 2.08. The van der Waals surface area contributed by atoms with Gasteiger partial charge in [0.1, 0.15) is 11.6 Å². The number of rotatable bonds is 4. The SMILES string of the molecule is COc1ccc(Nc2nnc(-c3ccc(F)cc3)o2)cc1. The first-order chi connectivity index (χ1) is 10.2. The van der Waals surface area contributed by atoms with Gasteiger partial charge in [-0.2, -0.15) is 0 Å². The van der Waals surface area contributed by atoms with Gasteiger partial charge in [0.25, 0.3) is 0 Å². The van der Waals surface area contributed by atoms with Crippen molar-refractivity contribution in [3.05, 3.63) is 54.3 Å². The zero-order valence-corrected chi connectivity index (χ0v) is 11.2. The van der Waals surface area contributed by atoms with Crippen molar-refractivity contribution >= 4 is 11.7 Å². The Morgan fingerprint density at radius 2 is 1.71 bits per heavy atom. The van der Waals surface area contributed by atoms with Crippen LogP contribution in [0.25, 0.3) is 11.5 Å². The predicted octanol–water partition coefficient (Wildman–Crippen LogP) is 3.63. The summed E-state index contributed by atoms with van der Waals surface area (Å²) in [5, 5.41) is 10.8. The maximum atomic E-state index is 12.9. The van der Waals surface area contributed by atoms with Crippen LogP contribution in [0.3, 0.4) is 0 Å². The van der Waals surface area contributed by atoms with E-state index in [-0.39, 0.29) is 11.8 Å². The zero-order valence-electron chi connectivity index (χ0n) is 11.2. The second kappa shape index (κ2) is 5.62. The van der Waals surface area contributed by atoms with E-state index in [4.69, 9.17) is 9.15 Å². The van der Waals surface area contributed by atoms with Crippen LogP contribution in [0.5, 0.6) is 5.75 Å². The van der Waals surface area contributed by atoms with Gasteiger partial charge in [-0.3, -0.25) is 0 Å². The number of aromatic nitrogens is 2. The molecule has 21 heavy (non-hydrogen) atoms. The minimum Gasteiger partial charge on any atom is -0.497 e. The molecule has 0 bridgehead atoms. The Balaban J connectivity index is 1.76. The third-order valence-electron chi connectivity index (χ3n) is 2.86. The lowest BCUT2D eigenvalue weighted by molar-refractivity contribution is 0.415. The van der Waals surface area contributed by atoms with Crippen LogP contribution in [-0.4, -0.2) is 17.3 Å². The molecule has 0 saturated heterocycles. The second-order valence-electron chi connectivity index (χ2n) is 4.27. The van der Waals surface area contributed by atoms with Gasteiger partial charge in [-0.1, -0.05) is 5.10 Å². The molecule has 1 aromatic heterocycles. The Labute approximate surface area is 120 Å². The average Bonchev–Trinajstić information content (AvgIpc) is 2.97. The molecule has 2 aromatic carbocycles. The summed E-state index contributed by atoms with van der Waals surface area (Å²) in [6.07, 6.45) is 0. The summed E-state index contributed by atoms with van der Waals surface area (Å²) in [7, 11) is 1.61. The van der Waals surface area contributed by atoms with E-state index < -0.39 is 0 Å². The molecule has 0 saturated carbocycles. The Hall–Kier alpha value is -2.89. The monoisotopic (exact) mass is 285 g/mol. The average molecular weight is 285 g/mol. The van der Waals surface area contributed by atoms with Crippen molar-refractivity contribution in [2.24, 2.45) is 0 Å². The van der Waals surface area contributed by atoms with Crippen LogP contribution in [0.4, 0.5) is 16.1 Å². The van der Waals surface area contributed by atoms with E-state index in [1.165, 1.54) is 12.1 Å². The van der Waals surface area contributed by atoms with Crippen molar-refractivity contribution in [3.8, 4) is 17.2 Å². The van der Waals surface area contributed by atoms with Crippen molar-refractivity contribution in [2.75, 3.05) is 12.4 Å². The van der Waals surface area contributed by atoms with Gasteiger partial charge in [-0.15, -0.1) is 5.10 Å². The van der Waals surface area contributed by atoms with Gasteiger partial charge < -0.3 is 14.5 Å². The molecule has 0 fully saturated rings. The molecule has 1 heterocycles. The lowest BCUT2D eigenvalue weighted by Crippen LogP contribution is -1.90. The van der Waals surface area contributed by atoms with Gasteiger partial charge in [0.05, 0.1) is 7.11 Å². The van der Waals surface area contributed by atoms with Gasteiger partial charge in [0.2, 0.25) is 5.89 Å². The van der Waals surface area contributed by atoms with Gasteiger partial charge >= 0.3 is 6.01 Å². The van der Waals surface area contributed by atoms with E-state index in [1.807, 2.05) is 24.3 Å². The number of hydrogen-bond acceptors (Lipinski definition) is 5. The minimum absolute atomic E-state index is 0.263. The van der Waals surface area contributed by atoms with E-state index in [2.05, 4.69) is 15.5 Å². The summed E-state index contributed by atoms with van der Waals surface area (Å²) in [4.78, 5) is 0. The third-order valence-corrected chi connectivity index (χ3v) is 2.86. The summed E-state index contributed by atoms with van der Waals surface area (Å²) in [6.45, 7) is 0. The molecule has 0 radical (unpaired) electrons. The van der Waals surface area contributed by atoms with Crippen LogP contribution in [-0.2, 0) is 0 Å². The van der Waals surface area contributed by atoms with Crippen molar-refractivity contribution < 1.29 is 13.5 Å². The molecule has 0 aliphatic rings. The summed E-state index contributed by atoms with van der Waals surface area (Å²) in [5.74, 6) is 0.777. The molecule has 3 rings (SSSR count). The molecule has 0 aliphatic heterocycles. The number of methoxy groups -OCH3 is 1. The van der Waals surface area contributed by atoms with Gasteiger partial charge in [-0.25, -0.2) is 4.39 Å². The Bertz CT molecular complexity index is 723. The van der Waals surface area contributed by atoms with Crippen LogP contribution in [0.2, 0.25) is 0 Å². The molecule has 5 nitrogen and oxygen atoms in total. The van der Waals surface area contributed by atoms with Crippen LogP contribution < -0.4 is 10.1 Å². The van der Waals surface area contributed by atoms with Crippen molar-refractivity contribution in [3.63, 3.8) is 0 Å². The summed E-state index contributed by atoms with van der Waals surface area (Å²) in [6, 6.07) is 13.4. The van der Waals surface area contributed by atoms with E-state index >= 15 is 0 Å². The molecule has 0 aliphatic carbocycles. The minimum atomic E-state index is -0.310. The number of ether oxygens (including phenoxy) is 1. The second-order valence-corrected chi connectivity index (χ2v) is 4.27. The van der Waals surface area contributed by atoms with Gasteiger partial charge in [0.15, 0.2) is 0 Å². The smallest absolute Gasteiger partial charge is 0.320 e. The lowest BCUT2D eigenvalue weighted by Gasteiger charge is -2.02. The zero-order chi connectivity index (χ0) is 14.7. The molecule has 1 N–H and O–H groups in total. The first-order valence-electron chi connectivity index (χ1n) is 6.25. The van der Waals surface area contributed by atoms with Crippen LogP contribution >= 0.6 is 0 Å². The Morgan fingerprint density at radius 1 is 1.00 bits per heavy atom. The van der Waals surface area contributed by atoms with E-state index in [0.29, 0.717) is 11.5 Å². The number of nitrogens with one attached hydrogen (secondary N) is 1. The highest BCUT2D eigenvalue weighted by Crippen LogP contribution is 2.23. The van der Waals surface area contributed by atoms with Crippen molar-refractivity contribution in [2.45, 2.75) is 0 Å². The van der Waals surface area contributed by atoms with Gasteiger partial charge in [0, 0.05) is 11.3 Å². The van der Waals surface area contributed by atoms with Crippen LogP contribution in [0, 0.1) is 5.82 Å². The van der Waals surface area contributed by atoms with Gasteiger partial charge in [-0.05, 0) is 48.5 Å². The highest BCUT2D eigenvalue weighted by atomic mass is 19.1. The highest BCUT2D eigenvalue weighted by molar-refractivity contribution is 5.56. The standard InChI is InChI=1S/C15H12FN3O2/c1-20-13-8-6-12(7-9-13)17-15-19-18-14(21-15)10-2-4-11(16)5-3-10/h2-9H,1H3,(H,17,19). The number of benzene rings is 2. The lowest BCUT2D eigenvalue weighted by atomic mass is 10.2. The fourth-order valence-corrected chi connectivity index (χ4v) is 1.78. The molecule has 3 aromatic rings. The maximum Gasteiger partial charge on any atom is 0.320 e. The fraction of sp³-hybridized carbons (Fsp3) is 0.0667. The Kier molecular flexibility index (Phi) is 3.51. The number of anilines is 2. The summed E-state index contributed by atoms with van der Waals surface area (Å²) in [5.41, 5.74) is 1.46. The first kappa shape index (κ1) is 13.1. The number of nitrogens with zero attached hydrogens (tertiary/aromatic N) is 2. The predicted molar refractivity (Wildman–Crippen MR) is 76.0 cm³/mol. The largest absolute Gasteiger partial charge is 0.497 e.